The van der Waals surface area contributed by atoms with Crippen molar-refractivity contribution in [2.45, 2.75) is 18.2 Å². The minimum absolute atomic E-state index is 0.0447. The number of hydrogen-bond donors (Lipinski definition) is 2. The summed E-state index contributed by atoms with van der Waals surface area (Å²) in [7, 11) is -3.82. The fourth-order valence-electron chi connectivity index (χ4n) is 3.25. The van der Waals surface area contributed by atoms with Gasteiger partial charge in [-0.2, -0.15) is 0 Å². The van der Waals surface area contributed by atoms with Crippen molar-refractivity contribution in [1.82, 2.24) is 4.98 Å². The van der Waals surface area contributed by atoms with Crippen molar-refractivity contribution in [1.29, 1.82) is 0 Å². The molecule has 1 aromatic heterocycles. The maximum absolute atomic E-state index is 12.7. The van der Waals surface area contributed by atoms with Crippen LogP contribution in [0.5, 0.6) is 0 Å². The van der Waals surface area contributed by atoms with Gasteiger partial charge in [0, 0.05) is 18.7 Å². The highest BCUT2D eigenvalue weighted by Crippen LogP contribution is 2.28. The van der Waals surface area contributed by atoms with Gasteiger partial charge in [-0.15, -0.1) is 11.3 Å². The average Bonchev–Trinajstić information content (AvgIpc) is 3.23. The normalized spacial score (nSPS) is 17.1. The van der Waals surface area contributed by atoms with Crippen LogP contribution >= 0.6 is 11.3 Å². The summed E-state index contributed by atoms with van der Waals surface area (Å²) in [6, 6.07) is 11.0. The molecule has 1 aliphatic heterocycles. The van der Waals surface area contributed by atoms with E-state index in [-0.39, 0.29) is 23.8 Å². The molecule has 150 valence electrons. The molecule has 0 saturated carbocycles. The highest BCUT2D eigenvalue weighted by Gasteiger charge is 2.35. The molecule has 10 heteroatoms. The second-order valence-corrected chi connectivity index (χ2v) is 9.68. The number of carbonyl (C=O) groups is 2. The molecule has 0 bridgehead atoms. The lowest BCUT2D eigenvalue weighted by atomic mass is 10.1. The molecular weight excluding hydrogens is 414 g/mol. The number of sulfonamides is 1. The molecule has 2 heterocycles. The van der Waals surface area contributed by atoms with Crippen molar-refractivity contribution in [3.63, 3.8) is 0 Å². The third-order valence-corrected chi connectivity index (χ3v) is 7.01. The Kier molecular flexibility index (Phi) is 4.75. The minimum Gasteiger partial charge on any atom is -0.481 e. The highest BCUT2D eigenvalue weighted by molar-refractivity contribution is 7.92. The van der Waals surface area contributed by atoms with Gasteiger partial charge in [-0.1, -0.05) is 0 Å². The summed E-state index contributed by atoms with van der Waals surface area (Å²) in [6.07, 6.45) is -0.0591. The molecule has 1 unspecified atom stereocenters. The number of amides is 1. The van der Waals surface area contributed by atoms with Gasteiger partial charge in [0.05, 0.1) is 31.7 Å². The zero-order chi connectivity index (χ0) is 20.8. The third-order valence-electron chi connectivity index (χ3n) is 4.68. The Morgan fingerprint density at radius 3 is 2.62 bits per heavy atom. The van der Waals surface area contributed by atoms with Crippen LogP contribution in [-0.4, -0.2) is 36.9 Å². The molecule has 1 fully saturated rings. The molecule has 2 aromatic carbocycles. The zero-order valence-electron chi connectivity index (χ0n) is 15.3. The van der Waals surface area contributed by atoms with Crippen LogP contribution in [0.25, 0.3) is 10.2 Å². The lowest BCUT2D eigenvalue weighted by Gasteiger charge is -2.16. The van der Waals surface area contributed by atoms with Gasteiger partial charge in [0.25, 0.3) is 10.0 Å². The first kappa shape index (κ1) is 19.3. The summed E-state index contributed by atoms with van der Waals surface area (Å²) in [6.45, 7) is 1.96. The van der Waals surface area contributed by atoms with Crippen LogP contribution in [-0.2, 0) is 19.6 Å². The van der Waals surface area contributed by atoms with E-state index in [4.69, 9.17) is 5.11 Å². The second kappa shape index (κ2) is 7.12. The molecule has 1 atom stereocenters. The first-order chi connectivity index (χ1) is 13.7. The van der Waals surface area contributed by atoms with Crippen LogP contribution in [0.2, 0.25) is 0 Å². The van der Waals surface area contributed by atoms with Crippen molar-refractivity contribution in [3.8, 4) is 0 Å². The number of carbonyl (C=O) groups excluding carboxylic acids is 1. The Balaban J connectivity index is 1.54. The number of fused-ring (bicyclic) bond motifs is 1. The Morgan fingerprint density at radius 2 is 1.97 bits per heavy atom. The fraction of sp³-hybridized carbons (Fsp3) is 0.211. The van der Waals surface area contributed by atoms with E-state index in [0.717, 1.165) is 15.2 Å². The molecule has 1 amide bonds. The largest absolute Gasteiger partial charge is 0.481 e. The van der Waals surface area contributed by atoms with Crippen LogP contribution in [0, 0.1) is 12.8 Å². The third kappa shape index (κ3) is 3.81. The average molecular weight is 431 g/mol. The Bertz CT molecular complexity index is 1220. The number of aryl methyl sites for hydroxylation is 1. The number of carboxylic acid groups (broad SMARTS) is 1. The maximum Gasteiger partial charge on any atom is 0.308 e. The molecule has 0 radical (unpaired) electrons. The Labute approximate surface area is 170 Å². The first-order valence-corrected chi connectivity index (χ1v) is 11.1. The van der Waals surface area contributed by atoms with Gasteiger partial charge >= 0.3 is 5.97 Å². The van der Waals surface area contributed by atoms with E-state index in [1.807, 2.05) is 6.92 Å². The summed E-state index contributed by atoms with van der Waals surface area (Å²) in [5.41, 5.74) is 1.72. The van der Waals surface area contributed by atoms with Crippen molar-refractivity contribution >= 4 is 54.8 Å². The number of benzene rings is 2. The molecule has 8 nitrogen and oxygen atoms in total. The SMILES string of the molecule is Cc1nc2ccc(NS(=O)(=O)c3ccc(N4CC(C(=O)O)CC4=O)cc3)cc2s1. The van der Waals surface area contributed by atoms with E-state index in [9.17, 15) is 18.0 Å². The molecule has 0 aliphatic carbocycles. The van der Waals surface area contributed by atoms with E-state index < -0.39 is 21.9 Å². The van der Waals surface area contributed by atoms with Gasteiger partial charge in [-0.25, -0.2) is 13.4 Å². The molecule has 1 saturated heterocycles. The van der Waals surface area contributed by atoms with Crippen LogP contribution in [0.1, 0.15) is 11.4 Å². The maximum atomic E-state index is 12.7. The van der Waals surface area contributed by atoms with E-state index in [1.165, 1.54) is 40.5 Å². The quantitative estimate of drug-likeness (QED) is 0.642. The van der Waals surface area contributed by atoms with Crippen LogP contribution in [0.3, 0.4) is 0 Å². The van der Waals surface area contributed by atoms with Gasteiger partial charge in [-0.3, -0.25) is 14.3 Å². The van der Waals surface area contributed by atoms with Gasteiger partial charge < -0.3 is 10.0 Å². The van der Waals surface area contributed by atoms with Crippen LogP contribution in [0.15, 0.2) is 47.4 Å². The predicted octanol–water partition coefficient (Wildman–Crippen LogP) is 2.84. The monoisotopic (exact) mass is 431 g/mol. The van der Waals surface area contributed by atoms with E-state index in [0.29, 0.717) is 11.4 Å². The van der Waals surface area contributed by atoms with Crippen LogP contribution in [0.4, 0.5) is 11.4 Å². The molecule has 4 rings (SSSR count). The highest BCUT2D eigenvalue weighted by atomic mass is 32.2. The molecule has 29 heavy (non-hydrogen) atoms. The number of anilines is 2. The summed E-state index contributed by atoms with van der Waals surface area (Å²) < 4.78 is 28.8. The van der Waals surface area contributed by atoms with Crippen molar-refractivity contribution < 1.29 is 23.1 Å². The molecule has 3 aromatic rings. The first-order valence-electron chi connectivity index (χ1n) is 8.76. The molecule has 0 spiro atoms. The van der Waals surface area contributed by atoms with Crippen molar-refractivity contribution in [2.24, 2.45) is 5.92 Å². The van der Waals surface area contributed by atoms with Gasteiger partial charge in [-0.05, 0) is 49.4 Å². The van der Waals surface area contributed by atoms with Gasteiger partial charge in [0.2, 0.25) is 5.91 Å². The lowest BCUT2D eigenvalue weighted by Crippen LogP contribution is -2.25. The number of carboxylic acids is 1. The van der Waals surface area contributed by atoms with Crippen LogP contribution < -0.4 is 9.62 Å². The van der Waals surface area contributed by atoms with E-state index in [2.05, 4.69) is 9.71 Å². The summed E-state index contributed by atoms with van der Waals surface area (Å²) in [5, 5.41) is 9.98. The molecule has 1 aliphatic rings. The van der Waals surface area contributed by atoms with E-state index in [1.54, 1.807) is 18.2 Å². The smallest absolute Gasteiger partial charge is 0.308 e. The van der Waals surface area contributed by atoms with Gasteiger partial charge in [0.1, 0.15) is 0 Å². The van der Waals surface area contributed by atoms with Crippen molar-refractivity contribution in [2.75, 3.05) is 16.2 Å². The Morgan fingerprint density at radius 1 is 1.24 bits per heavy atom. The standard InChI is InChI=1S/C19H17N3O5S2/c1-11-20-16-7-2-13(9-17(16)28-11)21-29(26,27)15-5-3-14(4-6-15)22-10-12(19(24)25)8-18(22)23/h2-7,9,12,21H,8,10H2,1H3,(H,24,25). The molecular formula is C19H17N3O5S2. The van der Waals surface area contributed by atoms with Crippen molar-refractivity contribution in [3.05, 3.63) is 47.5 Å². The number of thiazole rings is 1. The number of rotatable bonds is 5. The zero-order valence-corrected chi connectivity index (χ0v) is 17.0. The summed E-state index contributed by atoms with van der Waals surface area (Å²) >= 11 is 1.48. The predicted molar refractivity (Wildman–Crippen MR) is 110 cm³/mol. The van der Waals surface area contributed by atoms with Gasteiger partial charge in [0.15, 0.2) is 0 Å². The topological polar surface area (TPSA) is 117 Å². The summed E-state index contributed by atoms with van der Waals surface area (Å²) in [5.74, 6) is -2.06. The second-order valence-electron chi connectivity index (χ2n) is 6.76. The Hall–Kier alpha value is -2.98. The lowest BCUT2D eigenvalue weighted by molar-refractivity contribution is -0.141. The minimum atomic E-state index is -3.82. The number of aromatic nitrogens is 1. The molecule has 2 N–H and O–H groups in total. The number of nitrogens with one attached hydrogen (secondary N) is 1. The fourth-order valence-corrected chi connectivity index (χ4v) is 5.16. The number of aliphatic carboxylic acids is 1. The number of nitrogens with zero attached hydrogens (tertiary/aromatic N) is 2. The van der Waals surface area contributed by atoms with E-state index >= 15 is 0 Å². The summed E-state index contributed by atoms with van der Waals surface area (Å²) in [4.78, 5) is 28.9. The number of hydrogen-bond acceptors (Lipinski definition) is 6.